The van der Waals surface area contributed by atoms with Gasteiger partial charge in [0.1, 0.15) is 0 Å². The van der Waals surface area contributed by atoms with Crippen molar-refractivity contribution in [1.82, 2.24) is 5.32 Å². The number of nitrogens with one attached hydrogen (secondary N) is 1. The number of aryl methyl sites for hydroxylation is 1. The Kier molecular flexibility index (Phi) is 3.08. The molecular weight excluding hydrogens is 184 g/mol. The predicted molar refractivity (Wildman–Crippen MR) is 64.0 cm³/mol. The maximum Gasteiger partial charge on any atom is 0.0102 e. The molecule has 15 heavy (non-hydrogen) atoms. The van der Waals surface area contributed by atoms with E-state index >= 15 is 0 Å². The highest BCUT2D eigenvalue weighted by molar-refractivity contribution is 5.34. The first kappa shape index (κ1) is 10.7. The van der Waals surface area contributed by atoms with E-state index in [2.05, 4.69) is 36.5 Å². The molecule has 0 bridgehead atoms. The quantitative estimate of drug-likeness (QED) is 0.767. The minimum absolute atomic E-state index is 0.219. The first-order chi connectivity index (χ1) is 7.28. The molecule has 82 valence electrons. The molecule has 1 fully saturated rings. The summed E-state index contributed by atoms with van der Waals surface area (Å²) in [6.07, 6.45) is 2.32. The van der Waals surface area contributed by atoms with Gasteiger partial charge in [-0.25, -0.2) is 0 Å². The van der Waals surface area contributed by atoms with Crippen LogP contribution in [0.15, 0.2) is 24.3 Å². The summed E-state index contributed by atoms with van der Waals surface area (Å²) < 4.78 is 0. The zero-order valence-corrected chi connectivity index (χ0v) is 9.42. The van der Waals surface area contributed by atoms with Crippen LogP contribution in [0, 0.1) is 6.92 Å². The van der Waals surface area contributed by atoms with Gasteiger partial charge in [-0.3, -0.25) is 0 Å². The molecule has 1 saturated heterocycles. The number of nitrogens with two attached hydrogens (primary N) is 1. The molecule has 2 rings (SSSR count). The van der Waals surface area contributed by atoms with E-state index < -0.39 is 0 Å². The van der Waals surface area contributed by atoms with Crippen molar-refractivity contribution in [3.63, 3.8) is 0 Å². The van der Waals surface area contributed by atoms with Crippen molar-refractivity contribution in [3.8, 4) is 0 Å². The molecule has 0 unspecified atom stereocenters. The Morgan fingerprint density at radius 3 is 2.53 bits per heavy atom. The second kappa shape index (κ2) is 4.33. The third-order valence-electron chi connectivity index (χ3n) is 3.67. The number of hydrogen-bond acceptors (Lipinski definition) is 2. The lowest BCUT2D eigenvalue weighted by atomic mass is 9.72. The predicted octanol–water partition coefficient (Wildman–Crippen LogP) is 1.57. The second-order valence-corrected chi connectivity index (χ2v) is 4.55. The van der Waals surface area contributed by atoms with Crippen LogP contribution in [0.1, 0.15) is 24.0 Å². The van der Waals surface area contributed by atoms with E-state index in [0.29, 0.717) is 0 Å². The zero-order chi connectivity index (χ0) is 10.7. The molecule has 1 aromatic carbocycles. The van der Waals surface area contributed by atoms with Crippen molar-refractivity contribution in [2.24, 2.45) is 5.73 Å². The summed E-state index contributed by atoms with van der Waals surface area (Å²) in [5, 5.41) is 3.41. The molecule has 0 saturated carbocycles. The van der Waals surface area contributed by atoms with Gasteiger partial charge < -0.3 is 11.1 Å². The Balaban J connectivity index is 2.36. The smallest absolute Gasteiger partial charge is 0.0102 e. The van der Waals surface area contributed by atoms with Crippen LogP contribution in [-0.2, 0) is 5.41 Å². The van der Waals surface area contributed by atoms with Gasteiger partial charge in [-0.2, -0.15) is 0 Å². The van der Waals surface area contributed by atoms with Crippen molar-refractivity contribution in [3.05, 3.63) is 35.4 Å². The molecule has 1 aliphatic rings. The topological polar surface area (TPSA) is 38.0 Å². The Bertz CT molecular complexity index is 327. The minimum Gasteiger partial charge on any atom is -0.330 e. The number of benzene rings is 1. The lowest BCUT2D eigenvalue weighted by Gasteiger charge is -2.38. The van der Waals surface area contributed by atoms with Crippen molar-refractivity contribution in [2.45, 2.75) is 25.2 Å². The van der Waals surface area contributed by atoms with E-state index in [1.807, 2.05) is 0 Å². The largest absolute Gasteiger partial charge is 0.330 e. The summed E-state index contributed by atoms with van der Waals surface area (Å²) in [5.41, 5.74) is 9.06. The van der Waals surface area contributed by atoms with Gasteiger partial charge in [0.15, 0.2) is 0 Å². The first-order valence-electron chi connectivity index (χ1n) is 5.75. The van der Waals surface area contributed by atoms with Crippen LogP contribution < -0.4 is 11.1 Å². The lowest BCUT2D eigenvalue weighted by molar-refractivity contribution is 0.314. The van der Waals surface area contributed by atoms with Crippen LogP contribution in [0.3, 0.4) is 0 Å². The second-order valence-electron chi connectivity index (χ2n) is 4.55. The zero-order valence-electron chi connectivity index (χ0n) is 9.42. The van der Waals surface area contributed by atoms with Crippen molar-refractivity contribution < 1.29 is 0 Å². The average molecular weight is 204 g/mol. The van der Waals surface area contributed by atoms with Crippen molar-refractivity contribution in [1.29, 1.82) is 0 Å². The lowest BCUT2D eigenvalue weighted by Crippen LogP contribution is -2.45. The fourth-order valence-corrected chi connectivity index (χ4v) is 2.66. The number of rotatable bonds is 2. The monoisotopic (exact) mass is 204 g/mol. The molecule has 0 amide bonds. The van der Waals surface area contributed by atoms with Crippen LogP contribution in [0.2, 0.25) is 0 Å². The van der Waals surface area contributed by atoms with Crippen LogP contribution in [0.4, 0.5) is 0 Å². The molecule has 0 atom stereocenters. The fraction of sp³-hybridized carbons (Fsp3) is 0.538. The number of piperidine rings is 1. The van der Waals surface area contributed by atoms with Crippen molar-refractivity contribution >= 4 is 0 Å². The Morgan fingerprint density at radius 1 is 1.27 bits per heavy atom. The molecule has 0 spiro atoms. The van der Waals surface area contributed by atoms with E-state index in [0.717, 1.165) is 32.5 Å². The summed E-state index contributed by atoms with van der Waals surface area (Å²) in [5.74, 6) is 0. The van der Waals surface area contributed by atoms with E-state index in [-0.39, 0.29) is 5.41 Å². The fourth-order valence-electron chi connectivity index (χ4n) is 2.66. The molecule has 1 aliphatic heterocycles. The van der Waals surface area contributed by atoms with E-state index in [1.54, 1.807) is 0 Å². The Labute approximate surface area is 91.9 Å². The molecule has 0 aliphatic carbocycles. The molecule has 1 aromatic rings. The maximum atomic E-state index is 6.01. The summed E-state index contributed by atoms with van der Waals surface area (Å²) in [7, 11) is 0. The van der Waals surface area contributed by atoms with Gasteiger partial charge in [-0.15, -0.1) is 0 Å². The number of hydrogen-bond donors (Lipinski definition) is 2. The van der Waals surface area contributed by atoms with Crippen LogP contribution in [-0.4, -0.2) is 19.6 Å². The molecule has 0 radical (unpaired) electrons. The van der Waals surface area contributed by atoms with E-state index in [1.165, 1.54) is 11.1 Å². The van der Waals surface area contributed by atoms with Crippen molar-refractivity contribution in [2.75, 3.05) is 19.6 Å². The molecule has 1 heterocycles. The van der Waals surface area contributed by atoms with Gasteiger partial charge >= 0.3 is 0 Å². The van der Waals surface area contributed by atoms with Gasteiger partial charge in [0.25, 0.3) is 0 Å². The normalized spacial score (nSPS) is 20.1. The Hall–Kier alpha value is -0.860. The summed E-state index contributed by atoms with van der Waals surface area (Å²) in [6, 6.07) is 8.66. The SMILES string of the molecule is Cc1ccccc1C1(CN)CCNCC1. The van der Waals surface area contributed by atoms with Gasteiger partial charge in [0.2, 0.25) is 0 Å². The minimum atomic E-state index is 0.219. The molecule has 2 nitrogen and oxygen atoms in total. The highest BCUT2D eigenvalue weighted by atomic mass is 14.9. The van der Waals surface area contributed by atoms with Gasteiger partial charge in [-0.05, 0) is 44.0 Å². The standard InChI is InChI=1S/C13H20N2/c1-11-4-2-3-5-12(11)13(10-14)6-8-15-9-7-13/h2-5,15H,6-10,14H2,1H3. The first-order valence-corrected chi connectivity index (χ1v) is 5.75. The van der Waals surface area contributed by atoms with E-state index in [9.17, 15) is 0 Å². The highest BCUT2D eigenvalue weighted by Crippen LogP contribution is 2.34. The Morgan fingerprint density at radius 2 is 1.93 bits per heavy atom. The molecular formula is C13H20N2. The van der Waals surface area contributed by atoms with Gasteiger partial charge in [0.05, 0.1) is 0 Å². The summed E-state index contributed by atoms with van der Waals surface area (Å²) in [4.78, 5) is 0. The average Bonchev–Trinajstić information content (AvgIpc) is 2.30. The summed E-state index contributed by atoms with van der Waals surface area (Å²) in [6.45, 7) is 5.13. The van der Waals surface area contributed by atoms with Crippen LogP contribution in [0.5, 0.6) is 0 Å². The molecule has 2 heteroatoms. The third kappa shape index (κ3) is 1.92. The molecule has 0 aromatic heterocycles. The highest BCUT2D eigenvalue weighted by Gasteiger charge is 2.33. The summed E-state index contributed by atoms with van der Waals surface area (Å²) >= 11 is 0. The van der Waals surface area contributed by atoms with Gasteiger partial charge in [-0.1, -0.05) is 24.3 Å². The van der Waals surface area contributed by atoms with Crippen LogP contribution >= 0.6 is 0 Å². The van der Waals surface area contributed by atoms with Crippen LogP contribution in [0.25, 0.3) is 0 Å². The van der Waals surface area contributed by atoms with Gasteiger partial charge in [0, 0.05) is 12.0 Å². The van der Waals surface area contributed by atoms with E-state index in [4.69, 9.17) is 5.73 Å². The maximum absolute atomic E-state index is 6.01. The molecule has 3 N–H and O–H groups in total. The third-order valence-corrected chi connectivity index (χ3v) is 3.67.